The predicted molar refractivity (Wildman–Crippen MR) is 93.1 cm³/mol. The first-order chi connectivity index (χ1) is 11.1. The molecule has 5 heteroatoms. The Balaban J connectivity index is 2.02. The summed E-state index contributed by atoms with van der Waals surface area (Å²) in [6, 6.07) is 15.6. The van der Waals surface area contributed by atoms with E-state index in [0.29, 0.717) is 5.75 Å². The largest absolute Gasteiger partial charge is 0.497 e. The van der Waals surface area contributed by atoms with Crippen LogP contribution in [0, 0.1) is 6.92 Å². The minimum absolute atomic E-state index is 0.0319. The van der Waals surface area contributed by atoms with E-state index >= 15 is 0 Å². The van der Waals surface area contributed by atoms with E-state index in [1.54, 1.807) is 14.2 Å². The molecule has 124 valence electrons. The van der Waals surface area contributed by atoms with Crippen molar-refractivity contribution in [2.24, 2.45) is 0 Å². The lowest BCUT2D eigenvalue weighted by atomic mass is 10.1. The van der Waals surface area contributed by atoms with Crippen LogP contribution in [0.15, 0.2) is 53.4 Å². The van der Waals surface area contributed by atoms with Crippen LogP contribution in [0.1, 0.15) is 11.1 Å². The fourth-order valence-corrected chi connectivity index (χ4v) is 3.50. The first kappa shape index (κ1) is 17.7. The third-order valence-corrected chi connectivity index (χ3v) is 5.07. The minimum Gasteiger partial charge on any atom is -0.497 e. The number of benzene rings is 2. The summed E-state index contributed by atoms with van der Waals surface area (Å²) in [5.41, 5.74) is 5.25. The summed E-state index contributed by atoms with van der Waals surface area (Å²) in [7, 11) is 2.16. The fraction of sp³-hybridized carbons (Fsp3) is 0.333. The van der Waals surface area contributed by atoms with Crippen LogP contribution >= 0.6 is 0 Å². The van der Waals surface area contributed by atoms with E-state index in [2.05, 4.69) is 5.48 Å². The molecule has 0 amide bonds. The van der Waals surface area contributed by atoms with Crippen molar-refractivity contribution in [3.8, 4) is 5.75 Å². The molecule has 0 saturated carbocycles. The average molecular weight is 333 g/mol. The van der Waals surface area contributed by atoms with Crippen molar-refractivity contribution in [2.75, 3.05) is 20.0 Å². The number of ether oxygens (including phenoxy) is 1. The highest BCUT2D eigenvalue weighted by atomic mass is 32.2. The third-order valence-electron chi connectivity index (χ3n) is 3.56. The van der Waals surface area contributed by atoms with Crippen LogP contribution in [-0.4, -0.2) is 30.2 Å². The van der Waals surface area contributed by atoms with Gasteiger partial charge >= 0.3 is 0 Å². The monoisotopic (exact) mass is 333 g/mol. The maximum absolute atomic E-state index is 12.5. The summed E-state index contributed by atoms with van der Waals surface area (Å²) >= 11 is 0. The number of rotatable bonds is 8. The molecule has 0 aliphatic rings. The van der Waals surface area contributed by atoms with E-state index < -0.39 is 10.8 Å². The molecule has 1 N–H and O–H groups in total. The lowest BCUT2D eigenvalue weighted by Gasteiger charge is -2.17. The maximum Gasteiger partial charge on any atom is 0.118 e. The van der Waals surface area contributed by atoms with Gasteiger partial charge in [0.1, 0.15) is 5.75 Å². The molecular weight excluding hydrogens is 310 g/mol. The van der Waals surface area contributed by atoms with Crippen LogP contribution in [0.3, 0.4) is 0 Å². The van der Waals surface area contributed by atoms with Crippen molar-refractivity contribution >= 4 is 10.8 Å². The van der Waals surface area contributed by atoms with Gasteiger partial charge in [-0.3, -0.25) is 4.21 Å². The number of hydroxylamine groups is 1. The number of hydrogen-bond acceptors (Lipinski definition) is 4. The van der Waals surface area contributed by atoms with Gasteiger partial charge in [-0.05, 0) is 43.2 Å². The predicted octanol–water partition coefficient (Wildman–Crippen LogP) is 2.87. The molecule has 0 saturated heterocycles. The standard InChI is InChI=1S/C18H23NO3S/c1-14-4-10-18(11-5-14)23(20)13-16(19-22-3)12-15-6-8-17(21-2)9-7-15/h4-11,16,19H,12-13H2,1-3H3/t16-,23+/m0/s1. The van der Waals surface area contributed by atoms with Gasteiger partial charge in [-0.1, -0.05) is 29.8 Å². The van der Waals surface area contributed by atoms with Gasteiger partial charge in [0.05, 0.1) is 25.0 Å². The molecule has 0 aliphatic heterocycles. The van der Waals surface area contributed by atoms with Crippen molar-refractivity contribution < 1.29 is 13.8 Å². The van der Waals surface area contributed by atoms with Gasteiger partial charge in [0.25, 0.3) is 0 Å². The maximum atomic E-state index is 12.5. The number of aryl methyl sites for hydroxylation is 1. The van der Waals surface area contributed by atoms with Crippen molar-refractivity contribution in [1.29, 1.82) is 0 Å². The van der Waals surface area contributed by atoms with Crippen molar-refractivity contribution in [1.82, 2.24) is 5.48 Å². The van der Waals surface area contributed by atoms with Gasteiger partial charge in [0, 0.05) is 16.7 Å². The Kier molecular flexibility index (Phi) is 6.77. The Hall–Kier alpha value is -1.69. The second-order valence-electron chi connectivity index (χ2n) is 5.40. The lowest BCUT2D eigenvalue weighted by Crippen LogP contribution is -2.35. The van der Waals surface area contributed by atoms with E-state index in [4.69, 9.17) is 9.57 Å². The molecule has 2 aromatic carbocycles. The zero-order valence-corrected chi connectivity index (χ0v) is 14.6. The summed E-state index contributed by atoms with van der Waals surface area (Å²) in [6.45, 7) is 2.02. The zero-order chi connectivity index (χ0) is 16.7. The van der Waals surface area contributed by atoms with Gasteiger partial charge in [0.15, 0.2) is 0 Å². The summed E-state index contributed by atoms with van der Waals surface area (Å²) in [5, 5.41) is 0. The van der Waals surface area contributed by atoms with Crippen LogP contribution in [-0.2, 0) is 22.1 Å². The topological polar surface area (TPSA) is 47.6 Å². The third kappa shape index (κ3) is 5.46. The van der Waals surface area contributed by atoms with Crippen molar-refractivity contribution in [3.05, 3.63) is 59.7 Å². The normalized spacial score (nSPS) is 13.5. The Morgan fingerprint density at radius 3 is 2.26 bits per heavy atom. The molecule has 0 heterocycles. The van der Waals surface area contributed by atoms with Crippen LogP contribution < -0.4 is 10.2 Å². The second kappa shape index (κ2) is 8.82. The highest BCUT2D eigenvalue weighted by molar-refractivity contribution is 7.85. The molecule has 0 unspecified atom stereocenters. The Labute approximate surface area is 140 Å². The SMILES string of the molecule is CON[C@@H](Cc1ccc(OC)cc1)C[S@@](=O)c1ccc(C)cc1. The second-order valence-corrected chi connectivity index (χ2v) is 6.89. The summed E-state index contributed by atoms with van der Waals surface area (Å²) in [4.78, 5) is 5.91. The molecule has 2 aromatic rings. The molecule has 0 spiro atoms. The molecule has 0 aromatic heterocycles. The molecule has 2 atom stereocenters. The number of hydrogen-bond donors (Lipinski definition) is 1. The van der Waals surface area contributed by atoms with E-state index in [9.17, 15) is 4.21 Å². The lowest BCUT2D eigenvalue weighted by molar-refractivity contribution is 0.0672. The molecule has 0 bridgehead atoms. The van der Waals surface area contributed by atoms with E-state index in [0.717, 1.165) is 28.2 Å². The molecule has 2 rings (SSSR count). The van der Waals surface area contributed by atoms with Crippen LogP contribution in [0.5, 0.6) is 5.75 Å². The van der Waals surface area contributed by atoms with Crippen molar-refractivity contribution in [3.63, 3.8) is 0 Å². The van der Waals surface area contributed by atoms with Crippen LogP contribution in [0.2, 0.25) is 0 Å². The Morgan fingerprint density at radius 1 is 1.04 bits per heavy atom. The quantitative estimate of drug-likeness (QED) is 0.755. The summed E-state index contributed by atoms with van der Waals surface area (Å²) in [6.07, 6.45) is 0.732. The van der Waals surface area contributed by atoms with Crippen LogP contribution in [0.25, 0.3) is 0 Å². The van der Waals surface area contributed by atoms with E-state index in [-0.39, 0.29) is 6.04 Å². The van der Waals surface area contributed by atoms with Crippen molar-refractivity contribution in [2.45, 2.75) is 24.3 Å². The zero-order valence-electron chi connectivity index (χ0n) is 13.7. The first-order valence-corrected chi connectivity index (χ1v) is 8.80. The van der Waals surface area contributed by atoms with Gasteiger partial charge in [-0.25, -0.2) is 0 Å². The molecule has 0 fully saturated rings. The molecular formula is C18H23NO3S. The Bertz CT molecular complexity index is 626. The summed E-state index contributed by atoms with van der Waals surface area (Å²) in [5.74, 6) is 1.32. The van der Waals surface area contributed by atoms with Gasteiger partial charge in [-0.15, -0.1) is 0 Å². The molecule has 0 aliphatic carbocycles. The first-order valence-electron chi connectivity index (χ1n) is 7.49. The number of nitrogens with one attached hydrogen (secondary N) is 1. The molecule has 23 heavy (non-hydrogen) atoms. The minimum atomic E-state index is -1.07. The van der Waals surface area contributed by atoms with Gasteiger partial charge in [0.2, 0.25) is 0 Å². The Morgan fingerprint density at radius 2 is 1.70 bits per heavy atom. The smallest absolute Gasteiger partial charge is 0.118 e. The molecule has 4 nitrogen and oxygen atoms in total. The fourth-order valence-electron chi connectivity index (χ4n) is 2.32. The summed E-state index contributed by atoms with van der Waals surface area (Å²) < 4.78 is 17.7. The van der Waals surface area contributed by atoms with Gasteiger partial charge in [-0.2, -0.15) is 5.48 Å². The van der Waals surface area contributed by atoms with E-state index in [1.807, 2.05) is 55.5 Å². The highest BCUT2D eigenvalue weighted by Gasteiger charge is 2.15. The van der Waals surface area contributed by atoms with Crippen LogP contribution in [0.4, 0.5) is 0 Å². The average Bonchev–Trinajstić information content (AvgIpc) is 2.56. The molecule has 0 radical (unpaired) electrons. The highest BCUT2D eigenvalue weighted by Crippen LogP contribution is 2.15. The van der Waals surface area contributed by atoms with E-state index in [1.165, 1.54) is 0 Å². The number of methoxy groups -OCH3 is 1. The van der Waals surface area contributed by atoms with Gasteiger partial charge < -0.3 is 9.57 Å².